The van der Waals surface area contributed by atoms with Crippen molar-refractivity contribution in [3.05, 3.63) is 34.3 Å². The molecule has 1 fully saturated rings. The van der Waals surface area contributed by atoms with E-state index in [2.05, 4.69) is 33.1 Å². The number of benzene rings is 1. The molecule has 0 aliphatic carbocycles. The third-order valence-electron chi connectivity index (χ3n) is 3.77. The Morgan fingerprint density at radius 1 is 1.48 bits per heavy atom. The number of hydrogen-bond acceptors (Lipinski definition) is 3. The van der Waals surface area contributed by atoms with Gasteiger partial charge in [-0.3, -0.25) is 9.69 Å². The number of carbonyl (C=O) groups is 1. The Hall–Kier alpha value is -0.620. The molecule has 0 saturated carbocycles. The van der Waals surface area contributed by atoms with Crippen LogP contribution in [0.15, 0.2) is 28.7 Å². The molecule has 0 aromatic heterocycles. The third-order valence-corrected chi connectivity index (χ3v) is 4.54. The Morgan fingerprint density at radius 2 is 2.19 bits per heavy atom. The number of amides is 1. The zero-order chi connectivity index (χ0) is 14.5. The van der Waals surface area contributed by atoms with Crippen LogP contribution in [0.25, 0.3) is 0 Å². The number of rotatable bonds is 4. The molecule has 0 bridgehead atoms. The topological polar surface area (TPSA) is 35.6 Å². The van der Waals surface area contributed by atoms with Gasteiger partial charge in [0, 0.05) is 43.7 Å². The lowest BCUT2D eigenvalue weighted by Crippen LogP contribution is -2.52. The van der Waals surface area contributed by atoms with E-state index < -0.39 is 0 Å². The van der Waals surface area contributed by atoms with E-state index in [0.717, 1.165) is 29.7 Å². The summed E-state index contributed by atoms with van der Waals surface area (Å²) in [4.78, 5) is 16.4. The number of hydrogen-bond donors (Lipinski definition) is 1. The molecule has 1 aliphatic heterocycles. The standard InChI is InChI=1S/C15H22BrN3O.ClH/c1-12-9-17-7-8-19(12)11-15(20)18(2)10-13-5-3-4-6-14(13)16;/h3-6,12,17H,7-11H2,1-2H3;1H. The van der Waals surface area contributed by atoms with Gasteiger partial charge >= 0.3 is 0 Å². The summed E-state index contributed by atoms with van der Waals surface area (Å²) in [7, 11) is 1.87. The minimum Gasteiger partial charge on any atom is -0.340 e. The van der Waals surface area contributed by atoms with E-state index in [1.807, 2.05) is 31.3 Å². The second-order valence-electron chi connectivity index (χ2n) is 5.36. The fourth-order valence-corrected chi connectivity index (χ4v) is 2.79. The lowest BCUT2D eigenvalue weighted by atomic mass is 10.2. The predicted molar refractivity (Wildman–Crippen MR) is 91.8 cm³/mol. The van der Waals surface area contributed by atoms with Crippen molar-refractivity contribution in [3.8, 4) is 0 Å². The van der Waals surface area contributed by atoms with Crippen molar-refractivity contribution in [3.63, 3.8) is 0 Å². The van der Waals surface area contributed by atoms with Gasteiger partial charge in [-0.15, -0.1) is 12.4 Å². The number of carbonyl (C=O) groups excluding carboxylic acids is 1. The van der Waals surface area contributed by atoms with E-state index in [1.165, 1.54) is 0 Å². The number of nitrogens with zero attached hydrogens (tertiary/aromatic N) is 2. The molecule has 1 N–H and O–H groups in total. The van der Waals surface area contributed by atoms with Crippen molar-refractivity contribution < 1.29 is 4.79 Å². The quantitative estimate of drug-likeness (QED) is 0.874. The molecule has 4 nitrogen and oxygen atoms in total. The van der Waals surface area contributed by atoms with Crippen molar-refractivity contribution in [2.45, 2.75) is 19.5 Å². The smallest absolute Gasteiger partial charge is 0.236 e. The number of halogens is 2. The minimum absolute atomic E-state index is 0. The molecule has 6 heteroatoms. The van der Waals surface area contributed by atoms with Crippen molar-refractivity contribution in [1.82, 2.24) is 15.1 Å². The molecule has 1 amide bonds. The van der Waals surface area contributed by atoms with Gasteiger partial charge < -0.3 is 10.2 Å². The van der Waals surface area contributed by atoms with Crippen LogP contribution in [0, 0.1) is 0 Å². The van der Waals surface area contributed by atoms with Crippen molar-refractivity contribution in [2.24, 2.45) is 0 Å². The molecule has 1 unspecified atom stereocenters. The van der Waals surface area contributed by atoms with Crippen LogP contribution >= 0.6 is 28.3 Å². The summed E-state index contributed by atoms with van der Waals surface area (Å²) in [6, 6.07) is 8.45. The summed E-state index contributed by atoms with van der Waals surface area (Å²) in [6.45, 7) is 6.17. The SMILES string of the molecule is CC1CNCCN1CC(=O)N(C)Cc1ccccc1Br.Cl. The second kappa shape index (κ2) is 8.73. The number of nitrogens with one attached hydrogen (secondary N) is 1. The van der Waals surface area contributed by atoms with Crippen LogP contribution in [0.2, 0.25) is 0 Å². The van der Waals surface area contributed by atoms with Crippen LogP contribution in [0.3, 0.4) is 0 Å². The maximum atomic E-state index is 12.3. The normalized spacial score (nSPS) is 18.9. The van der Waals surface area contributed by atoms with Crippen LogP contribution < -0.4 is 5.32 Å². The van der Waals surface area contributed by atoms with Gasteiger partial charge in [0.2, 0.25) is 5.91 Å². The van der Waals surface area contributed by atoms with Crippen molar-refractivity contribution in [2.75, 3.05) is 33.2 Å². The van der Waals surface area contributed by atoms with E-state index >= 15 is 0 Å². The summed E-state index contributed by atoms with van der Waals surface area (Å²) < 4.78 is 1.05. The highest BCUT2D eigenvalue weighted by atomic mass is 79.9. The molecular weight excluding hydrogens is 354 g/mol. The van der Waals surface area contributed by atoms with Crippen LogP contribution in [0.5, 0.6) is 0 Å². The highest BCUT2D eigenvalue weighted by Crippen LogP contribution is 2.17. The highest BCUT2D eigenvalue weighted by molar-refractivity contribution is 9.10. The molecule has 118 valence electrons. The van der Waals surface area contributed by atoms with Crippen LogP contribution in [0.4, 0.5) is 0 Å². The summed E-state index contributed by atoms with van der Waals surface area (Å²) in [5, 5.41) is 3.34. The predicted octanol–water partition coefficient (Wildman–Crippen LogP) is 2.12. The fourth-order valence-electron chi connectivity index (χ4n) is 2.38. The van der Waals surface area contributed by atoms with Gasteiger partial charge in [-0.1, -0.05) is 34.1 Å². The molecule has 0 radical (unpaired) electrons. The first-order valence-corrected chi connectivity index (χ1v) is 7.79. The number of likely N-dealkylation sites (N-methyl/N-ethyl adjacent to an activating group) is 1. The largest absolute Gasteiger partial charge is 0.340 e. The Kier molecular flexibility index (Phi) is 7.66. The Morgan fingerprint density at radius 3 is 2.86 bits per heavy atom. The summed E-state index contributed by atoms with van der Waals surface area (Å²) in [5.74, 6) is 0.175. The van der Waals surface area contributed by atoms with Crippen molar-refractivity contribution in [1.29, 1.82) is 0 Å². The average molecular weight is 377 g/mol. The molecule has 0 spiro atoms. The zero-order valence-electron chi connectivity index (χ0n) is 12.5. The third kappa shape index (κ3) is 5.25. The first-order valence-electron chi connectivity index (χ1n) is 7.00. The maximum absolute atomic E-state index is 12.3. The molecule has 1 atom stereocenters. The summed E-state index contributed by atoms with van der Waals surface area (Å²) in [6.07, 6.45) is 0. The van der Waals surface area contributed by atoms with Gasteiger partial charge in [-0.25, -0.2) is 0 Å². The Labute approximate surface area is 141 Å². The van der Waals surface area contributed by atoms with Crippen molar-refractivity contribution >= 4 is 34.2 Å². The molecule has 21 heavy (non-hydrogen) atoms. The lowest BCUT2D eigenvalue weighted by Gasteiger charge is -2.34. The van der Waals surface area contributed by atoms with E-state index in [0.29, 0.717) is 19.1 Å². The highest BCUT2D eigenvalue weighted by Gasteiger charge is 2.22. The van der Waals surface area contributed by atoms with E-state index in [-0.39, 0.29) is 18.3 Å². The monoisotopic (exact) mass is 375 g/mol. The molecule has 1 aliphatic rings. The van der Waals surface area contributed by atoms with Crippen LogP contribution in [-0.4, -0.2) is 55.0 Å². The molecule has 1 saturated heterocycles. The molecule has 1 heterocycles. The molecular formula is C15H23BrClN3O. The van der Waals surface area contributed by atoms with Gasteiger partial charge in [0.25, 0.3) is 0 Å². The van der Waals surface area contributed by atoms with Gasteiger partial charge in [0.15, 0.2) is 0 Å². The van der Waals surface area contributed by atoms with Gasteiger partial charge in [-0.2, -0.15) is 0 Å². The minimum atomic E-state index is 0. The molecule has 1 aromatic carbocycles. The number of piperazine rings is 1. The Balaban J connectivity index is 0.00000220. The Bertz CT molecular complexity index is 472. The first-order chi connectivity index (χ1) is 9.58. The van der Waals surface area contributed by atoms with E-state index in [9.17, 15) is 4.79 Å². The van der Waals surface area contributed by atoms with Gasteiger partial charge in [0.05, 0.1) is 6.54 Å². The van der Waals surface area contributed by atoms with E-state index in [4.69, 9.17) is 0 Å². The van der Waals surface area contributed by atoms with Gasteiger partial charge in [0.1, 0.15) is 0 Å². The lowest BCUT2D eigenvalue weighted by molar-refractivity contribution is -0.132. The summed E-state index contributed by atoms with van der Waals surface area (Å²) in [5.41, 5.74) is 1.14. The van der Waals surface area contributed by atoms with Crippen LogP contribution in [0.1, 0.15) is 12.5 Å². The second-order valence-corrected chi connectivity index (χ2v) is 6.22. The van der Waals surface area contributed by atoms with E-state index in [1.54, 1.807) is 4.90 Å². The first kappa shape index (κ1) is 18.4. The molecule has 2 rings (SSSR count). The zero-order valence-corrected chi connectivity index (χ0v) is 14.9. The molecule has 1 aromatic rings. The fraction of sp³-hybridized carbons (Fsp3) is 0.533. The van der Waals surface area contributed by atoms with Crippen LogP contribution in [-0.2, 0) is 11.3 Å². The average Bonchev–Trinajstić information content (AvgIpc) is 2.43. The maximum Gasteiger partial charge on any atom is 0.236 e. The summed E-state index contributed by atoms with van der Waals surface area (Å²) >= 11 is 3.53. The van der Waals surface area contributed by atoms with Gasteiger partial charge in [-0.05, 0) is 18.6 Å².